The van der Waals surface area contributed by atoms with Crippen molar-refractivity contribution in [2.45, 2.75) is 0 Å². The molecule has 0 saturated carbocycles. The molecular weight excluding hydrogens is 218 g/mol. The molecule has 0 spiro atoms. The fourth-order valence-electron chi connectivity index (χ4n) is 1.61. The standard InChI is InChI=1S/C12H9N3S/c13-12-14-7-11(16-12)10-6-5-8-3-1-2-4-9(8)15-10/h1-7H,(H2,13,14). The Kier molecular flexibility index (Phi) is 2.08. The molecule has 0 saturated heterocycles. The topological polar surface area (TPSA) is 51.8 Å². The van der Waals surface area contributed by atoms with Crippen molar-refractivity contribution in [1.82, 2.24) is 9.97 Å². The van der Waals surface area contributed by atoms with Gasteiger partial charge in [0, 0.05) is 11.6 Å². The second-order valence-corrected chi connectivity index (χ2v) is 4.51. The zero-order valence-corrected chi connectivity index (χ0v) is 9.24. The minimum absolute atomic E-state index is 0.574. The van der Waals surface area contributed by atoms with Crippen molar-refractivity contribution >= 4 is 27.4 Å². The third kappa shape index (κ3) is 1.53. The van der Waals surface area contributed by atoms with Crippen molar-refractivity contribution in [1.29, 1.82) is 0 Å². The number of benzene rings is 1. The summed E-state index contributed by atoms with van der Waals surface area (Å²) in [5.41, 5.74) is 7.52. The van der Waals surface area contributed by atoms with Crippen LogP contribution in [0.4, 0.5) is 5.13 Å². The van der Waals surface area contributed by atoms with Crippen LogP contribution in [0, 0.1) is 0 Å². The van der Waals surface area contributed by atoms with Crippen LogP contribution in [-0.2, 0) is 0 Å². The van der Waals surface area contributed by atoms with Crippen LogP contribution in [0.3, 0.4) is 0 Å². The number of fused-ring (bicyclic) bond motifs is 1. The maximum Gasteiger partial charge on any atom is 0.180 e. The zero-order valence-electron chi connectivity index (χ0n) is 8.42. The molecule has 0 amide bonds. The van der Waals surface area contributed by atoms with E-state index in [2.05, 4.69) is 16.0 Å². The number of nitrogen functional groups attached to an aromatic ring is 1. The molecule has 0 fully saturated rings. The first-order chi connectivity index (χ1) is 7.83. The van der Waals surface area contributed by atoms with E-state index >= 15 is 0 Å². The number of hydrogen-bond donors (Lipinski definition) is 1. The van der Waals surface area contributed by atoms with Crippen molar-refractivity contribution in [2.75, 3.05) is 5.73 Å². The molecule has 0 atom stereocenters. The lowest BCUT2D eigenvalue weighted by Crippen LogP contribution is -1.82. The van der Waals surface area contributed by atoms with Crippen LogP contribution < -0.4 is 5.73 Å². The zero-order chi connectivity index (χ0) is 11.0. The van der Waals surface area contributed by atoms with Gasteiger partial charge in [0.2, 0.25) is 0 Å². The van der Waals surface area contributed by atoms with Gasteiger partial charge in [0.25, 0.3) is 0 Å². The summed E-state index contributed by atoms with van der Waals surface area (Å²) >= 11 is 1.45. The van der Waals surface area contributed by atoms with E-state index in [1.165, 1.54) is 11.3 Å². The number of nitrogens with two attached hydrogens (primary N) is 1. The van der Waals surface area contributed by atoms with Crippen LogP contribution in [0.15, 0.2) is 42.6 Å². The molecule has 0 aliphatic rings. The molecule has 0 aliphatic heterocycles. The minimum atomic E-state index is 0.574. The molecular formula is C12H9N3S. The average molecular weight is 227 g/mol. The summed E-state index contributed by atoms with van der Waals surface area (Å²) in [7, 11) is 0. The molecule has 2 N–H and O–H groups in total. The lowest BCUT2D eigenvalue weighted by atomic mass is 10.2. The molecule has 0 aliphatic carbocycles. The SMILES string of the molecule is Nc1ncc(-c2ccc3ccccc3n2)s1. The van der Waals surface area contributed by atoms with E-state index in [0.717, 1.165) is 21.5 Å². The Morgan fingerprint density at radius 2 is 1.94 bits per heavy atom. The predicted molar refractivity (Wildman–Crippen MR) is 67.3 cm³/mol. The molecule has 2 aromatic heterocycles. The van der Waals surface area contributed by atoms with E-state index in [4.69, 9.17) is 5.73 Å². The number of nitrogens with zero attached hydrogens (tertiary/aromatic N) is 2. The van der Waals surface area contributed by atoms with Crippen LogP contribution in [0.25, 0.3) is 21.5 Å². The maximum absolute atomic E-state index is 5.61. The highest BCUT2D eigenvalue weighted by molar-refractivity contribution is 7.18. The number of rotatable bonds is 1. The quantitative estimate of drug-likeness (QED) is 0.695. The normalized spacial score (nSPS) is 10.8. The summed E-state index contributed by atoms with van der Waals surface area (Å²) < 4.78 is 0. The smallest absolute Gasteiger partial charge is 0.180 e. The monoisotopic (exact) mass is 227 g/mol. The van der Waals surface area contributed by atoms with E-state index in [1.807, 2.05) is 30.3 Å². The predicted octanol–water partition coefficient (Wildman–Crippen LogP) is 2.94. The van der Waals surface area contributed by atoms with Crippen molar-refractivity contribution < 1.29 is 0 Å². The molecule has 0 radical (unpaired) electrons. The summed E-state index contributed by atoms with van der Waals surface area (Å²) in [6.07, 6.45) is 1.76. The van der Waals surface area contributed by atoms with Gasteiger partial charge in [-0.3, -0.25) is 0 Å². The third-order valence-corrected chi connectivity index (χ3v) is 3.22. The lowest BCUT2D eigenvalue weighted by molar-refractivity contribution is 1.38. The van der Waals surface area contributed by atoms with Crippen LogP contribution in [0.5, 0.6) is 0 Å². The number of pyridine rings is 1. The molecule has 16 heavy (non-hydrogen) atoms. The summed E-state index contributed by atoms with van der Waals surface area (Å²) in [5.74, 6) is 0. The van der Waals surface area contributed by atoms with Gasteiger partial charge in [-0.25, -0.2) is 9.97 Å². The third-order valence-electron chi connectivity index (χ3n) is 2.37. The highest BCUT2D eigenvalue weighted by Gasteiger charge is 2.04. The Hall–Kier alpha value is -1.94. The first-order valence-electron chi connectivity index (χ1n) is 4.90. The highest BCUT2D eigenvalue weighted by Crippen LogP contribution is 2.27. The maximum atomic E-state index is 5.61. The molecule has 1 aromatic carbocycles. The second-order valence-electron chi connectivity index (χ2n) is 3.45. The molecule has 2 heterocycles. The van der Waals surface area contributed by atoms with E-state index < -0.39 is 0 Å². The van der Waals surface area contributed by atoms with Crippen molar-refractivity contribution in [3.63, 3.8) is 0 Å². The Morgan fingerprint density at radius 3 is 2.75 bits per heavy atom. The number of hydrogen-bond acceptors (Lipinski definition) is 4. The summed E-state index contributed by atoms with van der Waals surface area (Å²) in [4.78, 5) is 9.61. The minimum Gasteiger partial charge on any atom is -0.375 e. The van der Waals surface area contributed by atoms with Gasteiger partial charge in [0.1, 0.15) is 0 Å². The van der Waals surface area contributed by atoms with Gasteiger partial charge in [0.15, 0.2) is 5.13 Å². The van der Waals surface area contributed by atoms with Gasteiger partial charge >= 0.3 is 0 Å². The highest BCUT2D eigenvalue weighted by atomic mass is 32.1. The van der Waals surface area contributed by atoms with E-state index in [1.54, 1.807) is 6.20 Å². The number of thiazole rings is 1. The van der Waals surface area contributed by atoms with E-state index in [-0.39, 0.29) is 0 Å². The molecule has 0 bridgehead atoms. The molecule has 0 unspecified atom stereocenters. The van der Waals surface area contributed by atoms with Crippen LogP contribution in [0.1, 0.15) is 0 Å². The van der Waals surface area contributed by atoms with Crippen molar-refractivity contribution in [3.8, 4) is 10.6 Å². The summed E-state index contributed by atoms with van der Waals surface area (Å²) in [5, 5.41) is 1.72. The molecule has 4 heteroatoms. The largest absolute Gasteiger partial charge is 0.375 e. The Bertz CT molecular complexity index is 645. The van der Waals surface area contributed by atoms with Crippen LogP contribution >= 0.6 is 11.3 Å². The summed E-state index contributed by atoms with van der Waals surface area (Å²) in [6, 6.07) is 12.1. The van der Waals surface area contributed by atoms with Gasteiger partial charge in [0.05, 0.1) is 16.1 Å². The fraction of sp³-hybridized carbons (Fsp3) is 0. The fourth-order valence-corrected chi connectivity index (χ4v) is 2.26. The molecule has 3 rings (SSSR count). The van der Waals surface area contributed by atoms with Crippen molar-refractivity contribution in [2.24, 2.45) is 0 Å². The number of anilines is 1. The van der Waals surface area contributed by atoms with Crippen LogP contribution in [0.2, 0.25) is 0 Å². The average Bonchev–Trinajstić information content (AvgIpc) is 2.75. The lowest BCUT2D eigenvalue weighted by Gasteiger charge is -1.99. The molecule has 78 valence electrons. The first-order valence-corrected chi connectivity index (χ1v) is 5.72. The van der Waals surface area contributed by atoms with E-state index in [9.17, 15) is 0 Å². The Balaban J connectivity index is 2.18. The molecule has 3 aromatic rings. The Morgan fingerprint density at radius 1 is 1.06 bits per heavy atom. The van der Waals surface area contributed by atoms with Gasteiger partial charge in [-0.1, -0.05) is 35.6 Å². The van der Waals surface area contributed by atoms with Crippen LogP contribution in [-0.4, -0.2) is 9.97 Å². The molecule has 3 nitrogen and oxygen atoms in total. The van der Waals surface area contributed by atoms with Gasteiger partial charge < -0.3 is 5.73 Å². The van der Waals surface area contributed by atoms with E-state index in [0.29, 0.717) is 5.13 Å². The van der Waals surface area contributed by atoms with Gasteiger partial charge in [-0.15, -0.1) is 0 Å². The van der Waals surface area contributed by atoms with Gasteiger partial charge in [-0.2, -0.15) is 0 Å². The second kappa shape index (κ2) is 3.57. The Labute approximate surface area is 96.6 Å². The van der Waals surface area contributed by atoms with Gasteiger partial charge in [-0.05, 0) is 12.1 Å². The first kappa shape index (κ1) is 9.30. The van der Waals surface area contributed by atoms with Crippen molar-refractivity contribution in [3.05, 3.63) is 42.6 Å². The number of para-hydroxylation sites is 1. The summed E-state index contributed by atoms with van der Waals surface area (Å²) in [6.45, 7) is 0. The number of aromatic nitrogens is 2.